The Hall–Kier alpha value is -3.96. The number of methoxy groups -OCH3 is 1. The van der Waals surface area contributed by atoms with Crippen LogP contribution >= 0.6 is 0 Å². The van der Waals surface area contributed by atoms with Crippen LogP contribution in [0.1, 0.15) is 6.92 Å². The standard InChI is InChI=1S/C8H8N2O5.C7H7NO4/c1-2-15-8-4-3-6(9(11)12)5-7(8)10(13)14;1-12-5-2-3-7(9)6(4-5)8(10)11/h3-5H,2H2,1H3;2-4,9H,1H3. The number of ether oxygens (including phenoxy) is 2. The van der Waals surface area contributed by atoms with Crippen LogP contribution in [0, 0.1) is 30.3 Å². The lowest BCUT2D eigenvalue weighted by Gasteiger charge is -2.02. The van der Waals surface area contributed by atoms with Gasteiger partial charge in [-0.25, -0.2) is 0 Å². The number of nitro groups is 3. The first-order chi connectivity index (χ1) is 12.7. The van der Waals surface area contributed by atoms with Crippen LogP contribution in [0.15, 0.2) is 36.4 Å². The number of phenols is 1. The average molecular weight is 381 g/mol. The molecule has 0 atom stereocenters. The quantitative estimate of drug-likeness (QED) is 0.583. The van der Waals surface area contributed by atoms with E-state index in [-0.39, 0.29) is 29.5 Å². The first kappa shape index (κ1) is 21.1. The molecule has 0 radical (unpaired) electrons. The van der Waals surface area contributed by atoms with Crippen molar-refractivity contribution in [2.24, 2.45) is 0 Å². The minimum Gasteiger partial charge on any atom is -0.502 e. The number of hydrogen-bond acceptors (Lipinski definition) is 9. The maximum absolute atomic E-state index is 10.6. The van der Waals surface area contributed by atoms with E-state index in [0.29, 0.717) is 5.75 Å². The van der Waals surface area contributed by atoms with Gasteiger partial charge in [-0.2, -0.15) is 0 Å². The van der Waals surface area contributed by atoms with Crippen molar-refractivity contribution in [3.8, 4) is 17.2 Å². The fourth-order valence-corrected chi connectivity index (χ4v) is 1.82. The first-order valence-corrected chi connectivity index (χ1v) is 7.28. The summed E-state index contributed by atoms with van der Waals surface area (Å²) in [4.78, 5) is 29.2. The molecular formula is C15H15N3O9. The Bertz CT molecular complexity index is 854. The smallest absolute Gasteiger partial charge is 0.317 e. The van der Waals surface area contributed by atoms with Crippen molar-refractivity contribution in [1.29, 1.82) is 0 Å². The summed E-state index contributed by atoms with van der Waals surface area (Å²) in [6.07, 6.45) is 0. The normalized spacial score (nSPS) is 9.56. The number of aromatic hydroxyl groups is 1. The van der Waals surface area contributed by atoms with E-state index in [1.165, 1.54) is 25.3 Å². The van der Waals surface area contributed by atoms with Crippen LogP contribution in [0.5, 0.6) is 17.2 Å². The monoisotopic (exact) mass is 381 g/mol. The van der Waals surface area contributed by atoms with Gasteiger partial charge in [-0.3, -0.25) is 30.3 Å². The van der Waals surface area contributed by atoms with Crippen LogP contribution in [-0.2, 0) is 0 Å². The summed E-state index contributed by atoms with van der Waals surface area (Å²) in [6, 6.07) is 7.09. The number of hydrogen-bond donors (Lipinski definition) is 1. The topological polar surface area (TPSA) is 168 Å². The van der Waals surface area contributed by atoms with Crippen molar-refractivity contribution >= 4 is 17.1 Å². The minimum absolute atomic E-state index is 0.0353. The second-order valence-electron chi connectivity index (χ2n) is 4.71. The van der Waals surface area contributed by atoms with Crippen LogP contribution in [0.2, 0.25) is 0 Å². The van der Waals surface area contributed by atoms with Crippen molar-refractivity contribution in [1.82, 2.24) is 0 Å². The molecule has 2 aromatic rings. The molecule has 0 fully saturated rings. The van der Waals surface area contributed by atoms with E-state index in [4.69, 9.17) is 14.6 Å². The van der Waals surface area contributed by atoms with Crippen LogP contribution in [-0.4, -0.2) is 33.6 Å². The van der Waals surface area contributed by atoms with Gasteiger partial charge in [0.2, 0.25) is 0 Å². The molecule has 0 bridgehead atoms. The number of non-ortho nitro benzene ring substituents is 1. The molecule has 0 aromatic heterocycles. The van der Waals surface area contributed by atoms with Gasteiger partial charge in [0.15, 0.2) is 11.5 Å². The first-order valence-electron chi connectivity index (χ1n) is 7.28. The van der Waals surface area contributed by atoms with Gasteiger partial charge in [0.1, 0.15) is 5.75 Å². The van der Waals surface area contributed by atoms with Crippen molar-refractivity contribution < 1.29 is 29.4 Å². The van der Waals surface area contributed by atoms with Gasteiger partial charge in [0.05, 0.1) is 40.6 Å². The molecule has 0 saturated carbocycles. The Balaban J connectivity index is 0.000000277. The van der Waals surface area contributed by atoms with Crippen molar-refractivity contribution in [2.45, 2.75) is 6.92 Å². The molecule has 2 aromatic carbocycles. The molecule has 12 heteroatoms. The van der Waals surface area contributed by atoms with Crippen LogP contribution in [0.4, 0.5) is 17.1 Å². The zero-order valence-electron chi connectivity index (χ0n) is 14.2. The summed E-state index contributed by atoms with van der Waals surface area (Å²) in [5, 5.41) is 40.2. The van der Waals surface area contributed by atoms with Gasteiger partial charge < -0.3 is 14.6 Å². The van der Waals surface area contributed by atoms with Gasteiger partial charge >= 0.3 is 11.4 Å². The number of nitrogens with zero attached hydrogens (tertiary/aromatic N) is 3. The zero-order valence-corrected chi connectivity index (χ0v) is 14.2. The molecule has 2 rings (SSSR count). The van der Waals surface area contributed by atoms with Crippen LogP contribution in [0.3, 0.4) is 0 Å². The molecule has 27 heavy (non-hydrogen) atoms. The highest BCUT2D eigenvalue weighted by molar-refractivity contribution is 5.53. The lowest BCUT2D eigenvalue weighted by Crippen LogP contribution is -1.98. The Morgan fingerprint density at radius 3 is 2.04 bits per heavy atom. The summed E-state index contributed by atoms with van der Waals surface area (Å²) in [5.41, 5.74) is -1.08. The molecule has 0 unspecified atom stereocenters. The van der Waals surface area contributed by atoms with E-state index in [2.05, 4.69) is 0 Å². The molecule has 12 nitrogen and oxygen atoms in total. The largest absolute Gasteiger partial charge is 0.502 e. The minimum atomic E-state index is -0.710. The van der Waals surface area contributed by atoms with Crippen molar-refractivity contribution in [3.05, 3.63) is 66.7 Å². The zero-order chi connectivity index (χ0) is 20.6. The van der Waals surface area contributed by atoms with Gasteiger partial charge in [-0.1, -0.05) is 0 Å². The third kappa shape index (κ3) is 5.81. The second kappa shape index (κ2) is 9.50. The van der Waals surface area contributed by atoms with Crippen LogP contribution < -0.4 is 9.47 Å². The Labute approximate surface area is 152 Å². The molecular weight excluding hydrogens is 366 g/mol. The van der Waals surface area contributed by atoms with Crippen molar-refractivity contribution in [2.75, 3.05) is 13.7 Å². The summed E-state index contributed by atoms with van der Waals surface area (Å²) in [5.74, 6) is 0.0217. The van der Waals surface area contributed by atoms with Gasteiger partial charge in [0, 0.05) is 6.07 Å². The highest BCUT2D eigenvalue weighted by Crippen LogP contribution is 2.31. The summed E-state index contributed by atoms with van der Waals surface area (Å²) in [7, 11) is 1.40. The maximum atomic E-state index is 10.6. The van der Waals surface area contributed by atoms with E-state index in [1.807, 2.05) is 0 Å². The van der Waals surface area contributed by atoms with E-state index in [9.17, 15) is 30.3 Å². The Morgan fingerprint density at radius 1 is 0.926 bits per heavy atom. The van der Waals surface area contributed by atoms with E-state index < -0.39 is 20.5 Å². The lowest BCUT2D eigenvalue weighted by molar-refractivity contribution is -0.394. The molecule has 0 aliphatic heterocycles. The lowest BCUT2D eigenvalue weighted by atomic mass is 10.2. The molecule has 0 amide bonds. The molecule has 0 spiro atoms. The highest BCUT2D eigenvalue weighted by atomic mass is 16.6. The Kier molecular flexibility index (Phi) is 7.42. The maximum Gasteiger partial charge on any atom is 0.317 e. The summed E-state index contributed by atoms with van der Waals surface area (Å²) >= 11 is 0. The number of nitro benzene ring substituents is 3. The van der Waals surface area contributed by atoms with E-state index in [0.717, 1.165) is 18.2 Å². The van der Waals surface area contributed by atoms with Gasteiger partial charge in [-0.15, -0.1) is 0 Å². The second-order valence-corrected chi connectivity index (χ2v) is 4.71. The highest BCUT2D eigenvalue weighted by Gasteiger charge is 2.20. The van der Waals surface area contributed by atoms with Crippen LogP contribution in [0.25, 0.3) is 0 Å². The SMILES string of the molecule is CCOc1ccc([N+](=O)[O-])cc1[N+](=O)[O-].COc1ccc(O)c([N+](=O)[O-])c1. The van der Waals surface area contributed by atoms with Gasteiger partial charge in [0.25, 0.3) is 5.69 Å². The average Bonchev–Trinajstić information content (AvgIpc) is 2.62. The summed E-state index contributed by atoms with van der Waals surface area (Å²) < 4.78 is 9.71. The predicted molar refractivity (Wildman–Crippen MR) is 92.2 cm³/mol. The third-order valence-electron chi connectivity index (χ3n) is 3.03. The van der Waals surface area contributed by atoms with E-state index in [1.54, 1.807) is 6.92 Å². The fourth-order valence-electron chi connectivity index (χ4n) is 1.82. The van der Waals surface area contributed by atoms with E-state index >= 15 is 0 Å². The van der Waals surface area contributed by atoms with Crippen molar-refractivity contribution in [3.63, 3.8) is 0 Å². The molecule has 0 aliphatic rings. The Morgan fingerprint density at radius 2 is 1.56 bits per heavy atom. The molecule has 0 aliphatic carbocycles. The molecule has 0 saturated heterocycles. The number of benzene rings is 2. The molecule has 144 valence electrons. The van der Waals surface area contributed by atoms with Gasteiger partial charge in [-0.05, 0) is 25.1 Å². The molecule has 1 N–H and O–H groups in total. The fraction of sp³-hybridized carbons (Fsp3) is 0.200. The number of phenolic OH excluding ortho intramolecular Hbond substituents is 1. The summed E-state index contributed by atoms with van der Waals surface area (Å²) in [6.45, 7) is 1.93. The predicted octanol–water partition coefficient (Wildman–Crippen LogP) is 3.21. The number of rotatable bonds is 6. The third-order valence-corrected chi connectivity index (χ3v) is 3.03. The molecule has 0 heterocycles.